The molecular formula is C12H11ClN4. The molecule has 0 saturated heterocycles. The molecule has 5 heteroatoms. The third kappa shape index (κ3) is 2.40. The van der Waals surface area contributed by atoms with Crippen molar-refractivity contribution in [2.24, 2.45) is 0 Å². The first-order valence-electron chi connectivity index (χ1n) is 5.22. The van der Waals surface area contributed by atoms with Crippen LogP contribution in [-0.2, 0) is 6.54 Å². The van der Waals surface area contributed by atoms with Crippen LogP contribution in [0.1, 0.15) is 12.5 Å². The number of anilines is 2. The second-order valence-electron chi connectivity index (χ2n) is 3.48. The molecule has 4 nitrogen and oxygen atoms in total. The van der Waals surface area contributed by atoms with Crippen molar-refractivity contribution < 1.29 is 0 Å². The second-order valence-corrected chi connectivity index (χ2v) is 3.89. The number of nitrogens with one attached hydrogen (secondary N) is 1. The average Bonchev–Trinajstić information content (AvgIpc) is 2.77. The van der Waals surface area contributed by atoms with Crippen LogP contribution >= 0.6 is 11.6 Å². The lowest BCUT2D eigenvalue weighted by atomic mass is 10.2. The summed E-state index contributed by atoms with van der Waals surface area (Å²) in [7, 11) is 0. The molecule has 0 saturated carbocycles. The molecule has 1 aromatic heterocycles. The third-order valence-corrected chi connectivity index (χ3v) is 2.68. The van der Waals surface area contributed by atoms with Crippen molar-refractivity contribution in [3.05, 3.63) is 41.2 Å². The fourth-order valence-electron chi connectivity index (χ4n) is 1.50. The largest absolute Gasteiger partial charge is 0.352 e. The molecule has 1 aromatic carbocycles. The number of nitriles is 1. The second kappa shape index (κ2) is 4.89. The maximum atomic E-state index is 9.03. The van der Waals surface area contributed by atoms with Crippen molar-refractivity contribution in [3.8, 4) is 6.07 Å². The van der Waals surface area contributed by atoms with E-state index < -0.39 is 0 Å². The van der Waals surface area contributed by atoms with Gasteiger partial charge in [-0.1, -0.05) is 17.7 Å². The van der Waals surface area contributed by atoms with Crippen molar-refractivity contribution in [2.45, 2.75) is 13.5 Å². The highest BCUT2D eigenvalue weighted by Gasteiger charge is 2.07. The van der Waals surface area contributed by atoms with E-state index in [1.54, 1.807) is 23.0 Å². The zero-order chi connectivity index (χ0) is 12.3. The van der Waals surface area contributed by atoms with E-state index >= 15 is 0 Å². The van der Waals surface area contributed by atoms with Gasteiger partial charge in [0.15, 0.2) is 0 Å². The van der Waals surface area contributed by atoms with Gasteiger partial charge < -0.3 is 5.32 Å². The first-order chi connectivity index (χ1) is 8.24. The minimum Gasteiger partial charge on any atom is -0.352 e. The SMILES string of the molecule is CCn1cc(Nc2cccc(Cl)c2C#N)cn1. The van der Waals surface area contributed by atoms with E-state index in [-0.39, 0.29) is 0 Å². The van der Waals surface area contributed by atoms with Crippen LogP contribution in [0.2, 0.25) is 5.02 Å². The Balaban J connectivity index is 2.30. The monoisotopic (exact) mass is 246 g/mol. The van der Waals surface area contributed by atoms with E-state index in [1.165, 1.54) is 0 Å². The van der Waals surface area contributed by atoms with E-state index in [2.05, 4.69) is 16.5 Å². The van der Waals surface area contributed by atoms with Crippen LogP contribution in [-0.4, -0.2) is 9.78 Å². The summed E-state index contributed by atoms with van der Waals surface area (Å²) in [6.07, 6.45) is 3.59. The Hall–Kier alpha value is -1.99. The van der Waals surface area contributed by atoms with Crippen LogP contribution in [0.25, 0.3) is 0 Å². The predicted octanol–water partition coefficient (Wildman–Crippen LogP) is 3.17. The van der Waals surface area contributed by atoms with Gasteiger partial charge >= 0.3 is 0 Å². The molecule has 0 bridgehead atoms. The first kappa shape index (κ1) is 11.5. The molecule has 2 aromatic rings. The number of rotatable bonds is 3. The van der Waals surface area contributed by atoms with Gasteiger partial charge in [-0.15, -0.1) is 0 Å². The van der Waals surface area contributed by atoms with Gasteiger partial charge in [0.05, 0.1) is 28.2 Å². The van der Waals surface area contributed by atoms with Crippen molar-refractivity contribution in [2.75, 3.05) is 5.32 Å². The summed E-state index contributed by atoms with van der Waals surface area (Å²) in [5.41, 5.74) is 1.97. The molecule has 1 N–H and O–H groups in total. The molecule has 0 fully saturated rings. The molecule has 2 rings (SSSR count). The first-order valence-corrected chi connectivity index (χ1v) is 5.60. The summed E-state index contributed by atoms with van der Waals surface area (Å²) in [5, 5.41) is 16.8. The van der Waals surface area contributed by atoms with Crippen molar-refractivity contribution in [3.63, 3.8) is 0 Å². The summed E-state index contributed by atoms with van der Waals surface area (Å²) < 4.78 is 1.80. The Labute approximate surface area is 104 Å². The number of aromatic nitrogens is 2. The van der Waals surface area contributed by atoms with Crippen LogP contribution in [0.15, 0.2) is 30.6 Å². The molecule has 17 heavy (non-hydrogen) atoms. The van der Waals surface area contributed by atoms with Gasteiger partial charge in [0.1, 0.15) is 6.07 Å². The Morgan fingerprint density at radius 2 is 2.35 bits per heavy atom. The molecule has 0 aliphatic heterocycles. The molecule has 0 radical (unpaired) electrons. The van der Waals surface area contributed by atoms with Gasteiger partial charge in [0, 0.05) is 12.7 Å². The molecule has 0 amide bonds. The van der Waals surface area contributed by atoms with Crippen molar-refractivity contribution in [1.82, 2.24) is 9.78 Å². The van der Waals surface area contributed by atoms with E-state index in [0.29, 0.717) is 16.3 Å². The fraction of sp³-hybridized carbons (Fsp3) is 0.167. The maximum Gasteiger partial charge on any atom is 0.103 e. The van der Waals surface area contributed by atoms with Crippen LogP contribution < -0.4 is 5.32 Å². The average molecular weight is 247 g/mol. The highest BCUT2D eigenvalue weighted by molar-refractivity contribution is 6.32. The van der Waals surface area contributed by atoms with E-state index in [9.17, 15) is 0 Å². The zero-order valence-corrected chi connectivity index (χ0v) is 10.1. The standard InChI is InChI=1S/C12H11ClN4/c1-2-17-8-9(7-15-17)16-12-5-3-4-11(13)10(12)6-14/h3-5,7-8,16H,2H2,1H3. The molecule has 0 aliphatic rings. The van der Waals surface area contributed by atoms with Gasteiger partial charge in [0.2, 0.25) is 0 Å². The Morgan fingerprint density at radius 1 is 1.53 bits per heavy atom. The minimum atomic E-state index is 0.443. The Bertz CT molecular complexity index is 568. The van der Waals surface area contributed by atoms with Gasteiger partial charge in [-0.2, -0.15) is 10.4 Å². The maximum absolute atomic E-state index is 9.03. The van der Waals surface area contributed by atoms with Crippen molar-refractivity contribution in [1.29, 1.82) is 5.26 Å². The lowest BCUT2D eigenvalue weighted by Crippen LogP contribution is -1.94. The van der Waals surface area contributed by atoms with Crippen LogP contribution in [0.4, 0.5) is 11.4 Å². The lowest BCUT2D eigenvalue weighted by molar-refractivity contribution is 0.660. The number of halogens is 1. The van der Waals surface area contributed by atoms with Crippen molar-refractivity contribution >= 4 is 23.0 Å². The van der Waals surface area contributed by atoms with Gasteiger partial charge in [-0.25, -0.2) is 0 Å². The Kier molecular flexibility index (Phi) is 3.31. The smallest absolute Gasteiger partial charge is 0.103 e. The highest BCUT2D eigenvalue weighted by Crippen LogP contribution is 2.26. The third-order valence-electron chi connectivity index (χ3n) is 2.36. The predicted molar refractivity (Wildman–Crippen MR) is 67.4 cm³/mol. The summed E-state index contributed by atoms with van der Waals surface area (Å²) >= 11 is 5.94. The number of benzene rings is 1. The van der Waals surface area contributed by atoms with E-state index in [0.717, 1.165) is 12.2 Å². The fourth-order valence-corrected chi connectivity index (χ4v) is 1.72. The molecule has 0 atom stereocenters. The van der Waals surface area contributed by atoms with Gasteiger partial charge in [0.25, 0.3) is 0 Å². The molecule has 86 valence electrons. The van der Waals surface area contributed by atoms with E-state index in [1.807, 2.05) is 19.2 Å². The summed E-state index contributed by atoms with van der Waals surface area (Å²) in [6, 6.07) is 7.39. The van der Waals surface area contributed by atoms with Crippen LogP contribution in [0.3, 0.4) is 0 Å². The normalized spacial score (nSPS) is 9.94. The molecule has 0 unspecified atom stereocenters. The topological polar surface area (TPSA) is 53.6 Å². The van der Waals surface area contributed by atoms with Crippen LogP contribution in [0, 0.1) is 11.3 Å². The number of hydrogen-bond acceptors (Lipinski definition) is 3. The summed E-state index contributed by atoms with van der Waals surface area (Å²) in [4.78, 5) is 0. The zero-order valence-electron chi connectivity index (χ0n) is 9.31. The molecule has 0 aliphatic carbocycles. The molecule has 0 spiro atoms. The molecular weight excluding hydrogens is 236 g/mol. The number of hydrogen-bond donors (Lipinski definition) is 1. The van der Waals surface area contributed by atoms with Gasteiger partial charge in [-0.3, -0.25) is 4.68 Å². The van der Waals surface area contributed by atoms with Gasteiger partial charge in [-0.05, 0) is 19.1 Å². The molecule has 1 heterocycles. The lowest BCUT2D eigenvalue weighted by Gasteiger charge is -2.06. The minimum absolute atomic E-state index is 0.443. The van der Waals surface area contributed by atoms with E-state index in [4.69, 9.17) is 16.9 Å². The summed E-state index contributed by atoms with van der Waals surface area (Å²) in [6.45, 7) is 2.82. The quantitative estimate of drug-likeness (QED) is 0.905. The van der Waals surface area contributed by atoms with Crippen LogP contribution in [0.5, 0.6) is 0 Å². The number of nitrogens with zero attached hydrogens (tertiary/aromatic N) is 3. The number of aryl methyl sites for hydroxylation is 1. The summed E-state index contributed by atoms with van der Waals surface area (Å²) in [5.74, 6) is 0. The highest BCUT2D eigenvalue weighted by atomic mass is 35.5. The Morgan fingerprint density at radius 3 is 3.00 bits per heavy atom.